The maximum absolute atomic E-state index is 13.2. The normalized spacial score (nSPS) is 34.8. The van der Waals surface area contributed by atoms with Gasteiger partial charge in [-0.05, 0) is 82.0 Å². The lowest BCUT2D eigenvalue weighted by Crippen LogP contribution is -2.57. The Bertz CT molecular complexity index is 742. The molecule has 3 atom stereocenters. The maximum Gasteiger partial charge on any atom is 0.255 e. The van der Waals surface area contributed by atoms with Crippen LogP contribution in [0.3, 0.4) is 0 Å². The fourth-order valence-corrected chi connectivity index (χ4v) is 5.80. The van der Waals surface area contributed by atoms with Crippen molar-refractivity contribution in [3.63, 3.8) is 0 Å². The molecule has 5 heteroatoms. The summed E-state index contributed by atoms with van der Waals surface area (Å²) in [5, 5.41) is 4.00. The number of ether oxygens (including phenoxy) is 1. The van der Waals surface area contributed by atoms with Gasteiger partial charge in [0.15, 0.2) is 0 Å². The molecule has 1 aromatic rings. The Kier molecular flexibility index (Phi) is 4.17. The summed E-state index contributed by atoms with van der Waals surface area (Å²) in [6.45, 7) is 5.39. The third kappa shape index (κ3) is 2.73. The molecule has 4 fully saturated rings. The smallest absolute Gasteiger partial charge is 0.255 e. The van der Waals surface area contributed by atoms with Crippen molar-refractivity contribution in [3.05, 3.63) is 27.8 Å². The van der Waals surface area contributed by atoms with Crippen LogP contribution >= 0.6 is 11.6 Å². The van der Waals surface area contributed by atoms with Crippen LogP contribution in [0.2, 0.25) is 5.02 Å². The largest absolute Gasteiger partial charge is 0.489 e. The average molecular weight is 375 g/mol. The number of rotatable bonds is 2. The van der Waals surface area contributed by atoms with Crippen LogP contribution in [0.1, 0.15) is 65.9 Å². The number of nitrogens with zero attached hydrogens (tertiary/aromatic N) is 1. The predicted octanol–water partition coefficient (Wildman–Crippen LogP) is 3.89. The Labute approximate surface area is 160 Å². The van der Waals surface area contributed by atoms with E-state index in [1.165, 1.54) is 44.3 Å². The lowest BCUT2D eigenvalue weighted by Gasteiger charge is -2.45. The summed E-state index contributed by atoms with van der Waals surface area (Å²) in [5.74, 6) is 1.90. The van der Waals surface area contributed by atoms with Crippen LogP contribution in [-0.4, -0.2) is 42.6 Å². The maximum atomic E-state index is 13.2. The number of piperidine rings is 3. The van der Waals surface area contributed by atoms with Crippen molar-refractivity contribution in [1.29, 1.82) is 0 Å². The summed E-state index contributed by atoms with van der Waals surface area (Å²) in [4.78, 5) is 15.6. The van der Waals surface area contributed by atoms with Crippen LogP contribution < -0.4 is 10.1 Å². The molecule has 26 heavy (non-hydrogen) atoms. The summed E-state index contributed by atoms with van der Waals surface area (Å²) in [6.07, 6.45) is 7.17. The molecular formula is C21H27ClN2O2. The third-order valence-corrected chi connectivity index (χ3v) is 7.45. The van der Waals surface area contributed by atoms with Crippen molar-refractivity contribution in [2.45, 2.75) is 63.5 Å². The van der Waals surface area contributed by atoms with Gasteiger partial charge in [0.05, 0.1) is 11.7 Å². The zero-order chi connectivity index (χ0) is 17.8. The number of nitrogens with one attached hydrogen (secondary N) is 1. The fourth-order valence-electron chi connectivity index (χ4n) is 5.59. The Hall–Kier alpha value is -1.26. The Morgan fingerprint density at radius 3 is 2.81 bits per heavy atom. The highest BCUT2D eigenvalue weighted by Gasteiger charge is 2.38. The first-order chi connectivity index (χ1) is 12.6. The van der Waals surface area contributed by atoms with Crippen LogP contribution in [0.5, 0.6) is 5.75 Å². The minimum atomic E-state index is -0.0122. The molecule has 3 saturated heterocycles. The minimum absolute atomic E-state index is 0.0122. The fraction of sp³-hybridized carbons (Fsp3) is 0.667. The van der Waals surface area contributed by atoms with Crippen molar-refractivity contribution < 1.29 is 9.53 Å². The van der Waals surface area contributed by atoms with Crippen molar-refractivity contribution >= 4 is 17.5 Å². The highest BCUT2D eigenvalue weighted by molar-refractivity contribution is 6.32. The van der Waals surface area contributed by atoms with Gasteiger partial charge in [0.2, 0.25) is 0 Å². The van der Waals surface area contributed by atoms with E-state index in [0.29, 0.717) is 22.4 Å². The molecule has 0 radical (unpaired) electrons. The van der Waals surface area contributed by atoms with Gasteiger partial charge in [0.1, 0.15) is 5.75 Å². The molecule has 5 aliphatic rings. The second-order valence-corrected chi connectivity index (χ2v) is 9.00. The molecule has 1 amide bonds. The second kappa shape index (κ2) is 6.42. The summed E-state index contributed by atoms with van der Waals surface area (Å²) in [5.41, 5.74) is 2.92. The van der Waals surface area contributed by atoms with E-state index >= 15 is 0 Å². The van der Waals surface area contributed by atoms with E-state index in [-0.39, 0.29) is 18.1 Å². The van der Waals surface area contributed by atoms with Gasteiger partial charge in [-0.15, -0.1) is 0 Å². The van der Waals surface area contributed by atoms with E-state index in [0.717, 1.165) is 30.7 Å². The van der Waals surface area contributed by atoms with Gasteiger partial charge < -0.3 is 15.0 Å². The lowest BCUT2D eigenvalue weighted by atomic mass is 9.77. The molecule has 1 aliphatic carbocycles. The van der Waals surface area contributed by atoms with E-state index in [4.69, 9.17) is 16.3 Å². The van der Waals surface area contributed by atoms with Crippen LogP contribution in [0.15, 0.2) is 6.07 Å². The van der Waals surface area contributed by atoms with Gasteiger partial charge in [0.25, 0.3) is 5.91 Å². The molecule has 4 nitrogen and oxygen atoms in total. The highest BCUT2D eigenvalue weighted by atomic mass is 35.5. The molecule has 1 N–H and O–H groups in total. The highest BCUT2D eigenvalue weighted by Crippen LogP contribution is 2.48. The first-order valence-corrected chi connectivity index (χ1v) is 10.5. The molecule has 1 saturated carbocycles. The van der Waals surface area contributed by atoms with Crippen molar-refractivity contribution in [3.8, 4) is 5.75 Å². The van der Waals surface area contributed by atoms with E-state index < -0.39 is 0 Å². The molecule has 140 valence electrons. The molecule has 0 aromatic heterocycles. The van der Waals surface area contributed by atoms with Crippen molar-refractivity contribution in [2.24, 2.45) is 5.92 Å². The molecule has 1 aromatic carbocycles. The number of hydrogen-bond acceptors (Lipinski definition) is 3. The zero-order valence-electron chi connectivity index (χ0n) is 15.4. The van der Waals surface area contributed by atoms with Crippen LogP contribution in [0.4, 0.5) is 0 Å². The average Bonchev–Trinajstić information content (AvgIpc) is 2.65. The molecule has 0 spiro atoms. The first kappa shape index (κ1) is 16.9. The van der Waals surface area contributed by atoms with E-state index in [9.17, 15) is 4.79 Å². The quantitative estimate of drug-likeness (QED) is 0.853. The number of fused-ring (bicyclic) bond motifs is 7. The Balaban J connectivity index is 1.47. The number of carbonyl (C=O) groups is 1. The first-order valence-electron chi connectivity index (χ1n) is 10.1. The Morgan fingerprint density at radius 1 is 1.27 bits per heavy atom. The minimum Gasteiger partial charge on any atom is -0.489 e. The van der Waals surface area contributed by atoms with Crippen LogP contribution in [0.25, 0.3) is 0 Å². The van der Waals surface area contributed by atoms with Crippen LogP contribution in [-0.2, 0) is 0 Å². The van der Waals surface area contributed by atoms with Crippen molar-refractivity contribution in [2.75, 3.05) is 19.6 Å². The second-order valence-electron chi connectivity index (χ2n) is 8.60. The topological polar surface area (TPSA) is 41.6 Å². The van der Waals surface area contributed by atoms with Crippen molar-refractivity contribution in [1.82, 2.24) is 10.2 Å². The molecule has 4 heterocycles. The van der Waals surface area contributed by atoms with Gasteiger partial charge in [-0.2, -0.15) is 0 Å². The summed E-state index contributed by atoms with van der Waals surface area (Å²) in [6, 6.07) is 2.08. The Morgan fingerprint density at radius 2 is 2.08 bits per heavy atom. The van der Waals surface area contributed by atoms with Gasteiger partial charge in [-0.1, -0.05) is 11.6 Å². The lowest BCUT2D eigenvalue weighted by molar-refractivity contribution is 0.0612. The van der Waals surface area contributed by atoms with Gasteiger partial charge >= 0.3 is 0 Å². The number of carbonyl (C=O) groups excluding carboxylic acids is 1. The SMILES string of the molecule is Cc1c(Cl)cc(C(=O)NC2CN3CCC2CC3)c2c1C1CCCC(C1)O2. The van der Waals surface area contributed by atoms with Gasteiger partial charge in [-0.3, -0.25) is 4.79 Å². The van der Waals surface area contributed by atoms with E-state index in [1.54, 1.807) is 0 Å². The summed E-state index contributed by atoms with van der Waals surface area (Å²) in [7, 11) is 0. The standard InChI is InChI=1S/C21H27ClN2O2/c1-12-17(22)10-16(20-19(12)14-3-2-4-15(9-14)26-20)21(25)23-18-11-24-7-5-13(18)6-8-24/h10,13-15,18H,2-9,11H2,1H3,(H,23,25). The number of hydrogen-bond donors (Lipinski definition) is 1. The molecule has 6 rings (SSSR count). The summed E-state index contributed by atoms with van der Waals surface area (Å²) < 4.78 is 6.31. The predicted molar refractivity (Wildman–Crippen MR) is 102 cm³/mol. The summed E-state index contributed by atoms with van der Waals surface area (Å²) >= 11 is 6.53. The van der Waals surface area contributed by atoms with Crippen LogP contribution in [0, 0.1) is 12.8 Å². The number of halogens is 1. The van der Waals surface area contributed by atoms with Gasteiger partial charge in [0, 0.05) is 23.2 Å². The van der Waals surface area contributed by atoms with Gasteiger partial charge in [-0.25, -0.2) is 0 Å². The molecule has 4 bridgehead atoms. The third-order valence-electron chi connectivity index (χ3n) is 7.06. The molecule has 3 unspecified atom stereocenters. The molecule has 4 aliphatic heterocycles. The number of amides is 1. The number of benzene rings is 1. The van der Waals surface area contributed by atoms with E-state index in [1.807, 2.05) is 6.07 Å². The monoisotopic (exact) mass is 374 g/mol. The molecular weight excluding hydrogens is 348 g/mol. The zero-order valence-corrected chi connectivity index (χ0v) is 16.1. The van der Waals surface area contributed by atoms with E-state index in [2.05, 4.69) is 17.1 Å².